The summed E-state index contributed by atoms with van der Waals surface area (Å²) in [5.41, 5.74) is 7.86. The van der Waals surface area contributed by atoms with Gasteiger partial charge in [-0.05, 0) is 53.0 Å². The Balaban J connectivity index is 1.73. The second-order valence-corrected chi connectivity index (χ2v) is 9.84. The first-order valence-corrected chi connectivity index (χ1v) is 11.2. The number of fused-ring (bicyclic) bond motifs is 1. The quantitative estimate of drug-likeness (QED) is 0.321. The highest BCUT2D eigenvalue weighted by molar-refractivity contribution is 7.86. The van der Waals surface area contributed by atoms with Crippen LogP contribution in [-0.2, 0) is 16.4 Å². The number of nitrogens with one attached hydrogen (secondary N) is 1. The number of halogens is 1. The summed E-state index contributed by atoms with van der Waals surface area (Å²) in [7, 11) is -1.72. The fourth-order valence-corrected chi connectivity index (χ4v) is 4.44. The molecular formula is C23H25FN5O2S+. The highest BCUT2D eigenvalue weighted by Crippen LogP contribution is 2.28. The van der Waals surface area contributed by atoms with E-state index in [9.17, 15) is 13.8 Å². The van der Waals surface area contributed by atoms with E-state index in [0.717, 1.165) is 4.73 Å². The first-order valence-electron chi connectivity index (χ1n) is 10.0. The minimum absolute atomic E-state index is 0.200. The van der Waals surface area contributed by atoms with Crippen LogP contribution in [0.3, 0.4) is 0 Å². The van der Waals surface area contributed by atoms with Crippen molar-refractivity contribution < 1.29 is 18.5 Å². The standard InChI is InChI=1S/C23H24FN5O2S/c1-14-12-22(27-32(31)15-8-10-17(18(24)13-15)23(2,3)4)28(26-14)19-6-5-7-20-16(19)9-11-21(25)29(20)30/h5-13,25,30H,1-4H3,(H,26,27)/p+1. The van der Waals surface area contributed by atoms with Gasteiger partial charge in [0.1, 0.15) is 11.6 Å². The predicted molar refractivity (Wildman–Crippen MR) is 123 cm³/mol. The molecule has 2 heterocycles. The predicted octanol–water partition coefficient (Wildman–Crippen LogP) is 4.01. The number of anilines is 2. The van der Waals surface area contributed by atoms with Gasteiger partial charge in [0.2, 0.25) is 0 Å². The monoisotopic (exact) mass is 454 g/mol. The zero-order chi connectivity index (χ0) is 23.2. The van der Waals surface area contributed by atoms with E-state index in [1.165, 1.54) is 6.07 Å². The Bertz CT molecular complexity index is 1360. The SMILES string of the molecule is Cc1cc(NS(=O)c2ccc(C(C)(C)C)c(F)c2)n(-c2cccc3c2ccc(N)[n+]3O)n1. The van der Waals surface area contributed by atoms with E-state index in [1.54, 1.807) is 47.1 Å². The summed E-state index contributed by atoms with van der Waals surface area (Å²) >= 11 is 0. The van der Waals surface area contributed by atoms with Gasteiger partial charge in [0.15, 0.2) is 16.5 Å². The third-order valence-corrected chi connectivity index (χ3v) is 6.25. The average molecular weight is 455 g/mol. The molecule has 0 aliphatic carbocycles. The molecule has 166 valence electrons. The lowest BCUT2D eigenvalue weighted by molar-refractivity contribution is -0.873. The van der Waals surface area contributed by atoms with Crippen LogP contribution in [0.25, 0.3) is 16.6 Å². The van der Waals surface area contributed by atoms with Crippen LogP contribution in [0.2, 0.25) is 0 Å². The first kappa shape index (κ1) is 21.8. The lowest BCUT2D eigenvalue weighted by Crippen LogP contribution is -2.34. The van der Waals surface area contributed by atoms with Gasteiger partial charge >= 0.3 is 5.82 Å². The van der Waals surface area contributed by atoms with Crippen LogP contribution in [0.5, 0.6) is 0 Å². The number of hydrogen-bond acceptors (Lipinski definition) is 4. The Labute approximate surface area is 187 Å². The molecular weight excluding hydrogens is 429 g/mol. The molecule has 0 aliphatic rings. The van der Waals surface area contributed by atoms with E-state index >= 15 is 0 Å². The van der Waals surface area contributed by atoms with Gasteiger partial charge in [-0.3, -0.25) is 10.5 Å². The molecule has 1 unspecified atom stereocenters. The van der Waals surface area contributed by atoms with E-state index in [0.29, 0.717) is 38.6 Å². The largest absolute Gasteiger partial charge is 0.349 e. The van der Waals surface area contributed by atoms with Crippen molar-refractivity contribution in [3.63, 3.8) is 0 Å². The van der Waals surface area contributed by atoms with Gasteiger partial charge in [-0.25, -0.2) is 13.3 Å². The lowest BCUT2D eigenvalue weighted by atomic mass is 9.87. The summed E-state index contributed by atoms with van der Waals surface area (Å²) in [4.78, 5) is 0.319. The summed E-state index contributed by atoms with van der Waals surface area (Å²) in [6.07, 6.45) is 0. The average Bonchev–Trinajstić information content (AvgIpc) is 3.09. The van der Waals surface area contributed by atoms with E-state index in [4.69, 9.17) is 5.73 Å². The van der Waals surface area contributed by atoms with Gasteiger partial charge in [0.25, 0.3) is 0 Å². The van der Waals surface area contributed by atoms with E-state index in [2.05, 4.69) is 9.82 Å². The Morgan fingerprint density at radius 1 is 1.16 bits per heavy atom. The molecule has 0 radical (unpaired) electrons. The zero-order valence-electron chi connectivity index (χ0n) is 18.3. The molecule has 4 aromatic rings. The minimum atomic E-state index is -1.72. The summed E-state index contributed by atoms with van der Waals surface area (Å²) in [6.45, 7) is 7.60. The normalized spacial score (nSPS) is 12.8. The second kappa shape index (κ2) is 7.90. The summed E-state index contributed by atoms with van der Waals surface area (Å²) in [5.74, 6) is 0.274. The van der Waals surface area contributed by atoms with Crippen molar-refractivity contribution in [2.45, 2.75) is 38.0 Å². The minimum Gasteiger partial charge on any atom is -0.349 e. The zero-order valence-corrected chi connectivity index (χ0v) is 19.1. The molecule has 0 spiro atoms. The molecule has 0 amide bonds. The van der Waals surface area contributed by atoms with E-state index < -0.39 is 16.8 Å². The Morgan fingerprint density at radius 3 is 2.59 bits per heavy atom. The fourth-order valence-electron chi connectivity index (χ4n) is 3.59. The van der Waals surface area contributed by atoms with Crippen molar-refractivity contribution in [2.24, 2.45) is 0 Å². The van der Waals surface area contributed by atoms with Gasteiger partial charge in [-0.15, -0.1) is 0 Å². The van der Waals surface area contributed by atoms with Crippen LogP contribution < -0.4 is 15.2 Å². The van der Waals surface area contributed by atoms with Crippen molar-refractivity contribution in [3.05, 3.63) is 71.7 Å². The molecule has 0 saturated carbocycles. The third kappa shape index (κ3) is 3.91. The summed E-state index contributed by atoms with van der Waals surface area (Å²) in [6, 6.07) is 15.1. The summed E-state index contributed by atoms with van der Waals surface area (Å²) < 4.78 is 33.1. The number of nitrogen functional groups attached to an aromatic ring is 1. The molecule has 2 aromatic heterocycles. The number of pyridine rings is 1. The fraction of sp³-hybridized carbons (Fsp3) is 0.217. The van der Waals surface area contributed by atoms with Gasteiger partial charge in [-0.1, -0.05) is 32.9 Å². The number of aromatic nitrogens is 3. The Hall–Kier alpha value is -3.46. The molecule has 9 heteroatoms. The Kier molecular flexibility index (Phi) is 5.37. The van der Waals surface area contributed by atoms with Crippen LogP contribution in [0, 0.1) is 12.7 Å². The lowest BCUT2D eigenvalue weighted by Gasteiger charge is -2.20. The Morgan fingerprint density at radius 2 is 1.91 bits per heavy atom. The van der Waals surface area contributed by atoms with Crippen LogP contribution in [0.15, 0.2) is 59.5 Å². The van der Waals surface area contributed by atoms with Crippen molar-refractivity contribution in [1.29, 1.82) is 0 Å². The van der Waals surface area contributed by atoms with Gasteiger partial charge in [0, 0.05) is 12.1 Å². The number of benzene rings is 2. The van der Waals surface area contributed by atoms with Crippen LogP contribution >= 0.6 is 0 Å². The van der Waals surface area contributed by atoms with Crippen molar-refractivity contribution in [2.75, 3.05) is 10.5 Å². The summed E-state index contributed by atoms with van der Waals surface area (Å²) in [5, 5.41) is 15.5. The number of nitrogens with two attached hydrogens (primary N) is 1. The molecule has 0 aliphatic heterocycles. The first-order chi connectivity index (χ1) is 15.1. The third-order valence-electron chi connectivity index (χ3n) is 5.17. The molecule has 0 fully saturated rings. The maximum atomic E-state index is 14.6. The molecule has 0 saturated heterocycles. The molecule has 0 bridgehead atoms. The van der Waals surface area contributed by atoms with Crippen LogP contribution in [-0.4, -0.2) is 19.2 Å². The van der Waals surface area contributed by atoms with Crippen LogP contribution in [0.1, 0.15) is 32.0 Å². The molecule has 1 atom stereocenters. The molecule has 7 nitrogen and oxygen atoms in total. The second-order valence-electron chi connectivity index (χ2n) is 8.63. The topological polar surface area (TPSA) is 97.0 Å². The smallest absolute Gasteiger partial charge is 0.312 e. The van der Waals surface area contributed by atoms with Gasteiger partial charge < -0.3 is 5.21 Å². The van der Waals surface area contributed by atoms with Crippen molar-refractivity contribution in [1.82, 2.24) is 9.78 Å². The van der Waals surface area contributed by atoms with E-state index in [1.807, 2.05) is 33.8 Å². The number of rotatable bonds is 4. The molecule has 4 N–H and O–H groups in total. The molecule has 2 aromatic carbocycles. The maximum Gasteiger partial charge on any atom is 0.312 e. The van der Waals surface area contributed by atoms with Crippen molar-refractivity contribution >= 4 is 33.5 Å². The molecule has 4 rings (SSSR count). The van der Waals surface area contributed by atoms with Gasteiger partial charge in [0.05, 0.1) is 21.7 Å². The molecule has 32 heavy (non-hydrogen) atoms. The maximum absolute atomic E-state index is 14.6. The number of aryl methyl sites for hydroxylation is 1. The highest BCUT2D eigenvalue weighted by atomic mass is 32.2. The number of nitrogens with zero attached hydrogens (tertiary/aromatic N) is 3. The van der Waals surface area contributed by atoms with Crippen LogP contribution in [0.4, 0.5) is 16.0 Å². The number of hydrogen-bond donors (Lipinski definition) is 3. The van der Waals surface area contributed by atoms with Crippen molar-refractivity contribution in [3.8, 4) is 5.69 Å². The highest BCUT2D eigenvalue weighted by Gasteiger charge is 2.21. The van der Waals surface area contributed by atoms with E-state index in [-0.39, 0.29) is 11.2 Å². The van der Waals surface area contributed by atoms with Gasteiger partial charge in [-0.2, -0.15) is 5.10 Å².